The van der Waals surface area contributed by atoms with E-state index in [1.54, 1.807) is 6.07 Å². The van der Waals surface area contributed by atoms with Gasteiger partial charge in [0, 0.05) is 25.2 Å². The molecule has 1 aromatic heterocycles. The highest BCUT2D eigenvalue weighted by molar-refractivity contribution is 5.91. The van der Waals surface area contributed by atoms with Crippen molar-refractivity contribution in [1.82, 2.24) is 10.3 Å². The van der Waals surface area contributed by atoms with E-state index in [-0.39, 0.29) is 17.5 Å². The van der Waals surface area contributed by atoms with Gasteiger partial charge in [-0.1, -0.05) is 13.8 Å². The van der Waals surface area contributed by atoms with Crippen LogP contribution >= 0.6 is 0 Å². The fraction of sp³-hybridized carbons (Fsp3) is 0.455. The number of aromatic hydroxyl groups is 1. The number of rotatable bonds is 5. The summed E-state index contributed by atoms with van der Waals surface area (Å²) in [4.78, 5) is 15.3. The fourth-order valence-electron chi connectivity index (χ4n) is 1.16. The lowest BCUT2D eigenvalue weighted by molar-refractivity contribution is -0.116. The van der Waals surface area contributed by atoms with Gasteiger partial charge < -0.3 is 15.7 Å². The molecule has 0 atom stereocenters. The van der Waals surface area contributed by atoms with E-state index < -0.39 is 0 Å². The van der Waals surface area contributed by atoms with Crippen molar-refractivity contribution in [1.29, 1.82) is 0 Å². The third-order valence-electron chi connectivity index (χ3n) is 1.95. The second kappa shape index (κ2) is 6.07. The van der Waals surface area contributed by atoms with E-state index in [1.165, 1.54) is 12.3 Å². The van der Waals surface area contributed by atoms with E-state index >= 15 is 0 Å². The van der Waals surface area contributed by atoms with Crippen LogP contribution in [0, 0.1) is 0 Å². The number of nitrogens with zero attached hydrogens (tertiary/aromatic N) is 1. The molecule has 0 spiro atoms. The Balaban J connectivity index is 2.37. The van der Waals surface area contributed by atoms with Gasteiger partial charge >= 0.3 is 0 Å². The van der Waals surface area contributed by atoms with Crippen molar-refractivity contribution in [3.8, 4) is 5.75 Å². The van der Waals surface area contributed by atoms with Gasteiger partial charge in [-0.15, -0.1) is 0 Å². The minimum atomic E-state index is -0.165. The predicted molar refractivity (Wildman–Crippen MR) is 62.3 cm³/mol. The van der Waals surface area contributed by atoms with Crippen LogP contribution < -0.4 is 10.6 Å². The van der Waals surface area contributed by atoms with Gasteiger partial charge in [0.25, 0.3) is 0 Å². The van der Waals surface area contributed by atoms with Crippen LogP contribution in [-0.4, -0.2) is 28.6 Å². The maximum Gasteiger partial charge on any atom is 0.226 e. The molecule has 88 valence electrons. The summed E-state index contributed by atoms with van der Waals surface area (Å²) in [6.07, 6.45) is 1.87. The van der Waals surface area contributed by atoms with Crippen molar-refractivity contribution >= 4 is 11.7 Å². The van der Waals surface area contributed by atoms with E-state index in [9.17, 15) is 9.90 Å². The molecule has 0 aliphatic rings. The molecular formula is C11H17N3O2. The largest absolute Gasteiger partial charge is 0.504 e. The summed E-state index contributed by atoms with van der Waals surface area (Å²) in [6.45, 7) is 4.64. The Morgan fingerprint density at radius 2 is 2.31 bits per heavy atom. The van der Waals surface area contributed by atoms with Crippen LogP contribution in [0.4, 0.5) is 5.82 Å². The molecule has 0 saturated carbocycles. The number of nitrogens with one attached hydrogen (secondary N) is 2. The average molecular weight is 223 g/mol. The monoisotopic (exact) mass is 223 g/mol. The molecule has 0 aliphatic carbocycles. The van der Waals surface area contributed by atoms with Crippen LogP contribution in [0.2, 0.25) is 0 Å². The van der Waals surface area contributed by atoms with Crippen molar-refractivity contribution in [3.63, 3.8) is 0 Å². The van der Waals surface area contributed by atoms with Gasteiger partial charge in [0.05, 0.1) is 0 Å². The first kappa shape index (κ1) is 12.4. The number of hydrogen-bond acceptors (Lipinski definition) is 4. The van der Waals surface area contributed by atoms with Gasteiger partial charge in [0.1, 0.15) is 0 Å². The molecule has 3 N–H and O–H groups in total. The summed E-state index contributed by atoms with van der Waals surface area (Å²) in [5, 5.41) is 15.1. The molecule has 1 heterocycles. The Hall–Kier alpha value is -1.62. The topological polar surface area (TPSA) is 74.2 Å². The number of pyridine rings is 1. The number of aromatic nitrogens is 1. The van der Waals surface area contributed by atoms with Gasteiger partial charge in [-0.3, -0.25) is 4.79 Å². The predicted octanol–water partition coefficient (Wildman–Crippen LogP) is 1.11. The molecule has 1 rings (SSSR count). The normalized spacial score (nSPS) is 10.4. The van der Waals surface area contributed by atoms with Crippen LogP contribution in [0.5, 0.6) is 5.75 Å². The minimum Gasteiger partial charge on any atom is -0.504 e. The van der Waals surface area contributed by atoms with Crippen LogP contribution in [-0.2, 0) is 4.79 Å². The van der Waals surface area contributed by atoms with Crippen molar-refractivity contribution in [2.45, 2.75) is 26.3 Å². The number of amides is 1. The molecule has 5 heteroatoms. The molecule has 0 fully saturated rings. The molecule has 5 nitrogen and oxygen atoms in total. The summed E-state index contributed by atoms with van der Waals surface area (Å²) in [6, 6.07) is 3.44. The number of hydrogen-bond donors (Lipinski definition) is 3. The van der Waals surface area contributed by atoms with Crippen LogP contribution in [0.15, 0.2) is 18.3 Å². The second-order valence-corrected chi connectivity index (χ2v) is 3.78. The Kier molecular flexibility index (Phi) is 4.72. The molecule has 16 heavy (non-hydrogen) atoms. The van der Waals surface area contributed by atoms with Gasteiger partial charge in [-0.25, -0.2) is 4.98 Å². The van der Waals surface area contributed by atoms with Crippen molar-refractivity contribution in [2.24, 2.45) is 0 Å². The number of carbonyl (C=O) groups excluding carboxylic acids is 1. The highest BCUT2D eigenvalue weighted by Gasteiger charge is 2.06. The van der Waals surface area contributed by atoms with Crippen LogP contribution in [0.3, 0.4) is 0 Å². The second-order valence-electron chi connectivity index (χ2n) is 3.78. The van der Waals surface area contributed by atoms with Crippen molar-refractivity contribution in [2.75, 3.05) is 11.9 Å². The van der Waals surface area contributed by atoms with Gasteiger partial charge in [0.15, 0.2) is 11.6 Å². The van der Waals surface area contributed by atoms with Crippen molar-refractivity contribution in [3.05, 3.63) is 18.3 Å². The molecule has 1 aromatic rings. The lowest BCUT2D eigenvalue weighted by Gasteiger charge is -2.08. The summed E-state index contributed by atoms with van der Waals surface area (Å²) < 4.78 is 0. The smallest absolute Gasteiger partial charge is 0.226 e. The summed E-state index contributed by atoms with van der Waals surface area (Å²) in [5.74, 6) is 0.0202. The van der Waals surface area contributed by atoms with Crippen LogP contribution in [0.25, 0.3) is 0 Å². The maximum absolute atomic E-state index is 11.4. The molecule has 0 bridgehead atoms. The highest BCUT2D eigenvalue weighted by Crippen LogP contribution is 2.17. The Morgan fingerprint density at radius 1 is 1.56 bits per heavy atom. The summed E-state index contributed by atoms with van der Waals surface area (Å²) in [5.41, 5.74) is 0. The lowest BCUT2D eigenvalue weighted by atomic mass is 10.3. The highest BCUT2D eigenvalue weighted by atomic mass is 16.3. The third kappa shape index (κ3) is 4.27. The molecular weight excluding hydrogens is 206 g/mol. The molecule has 0 radical (unpaired) electrons. The fourth-order valence-corrected chi connectivity index (χ4v) is 1.16. The van der Waals surface area contributed by atoms with Gasteiger partial charge in [0.2, 0.25) is 5.91 Å². The molecule has 0 saturated heterocycles. The van der Waals surface area contributed by atoms with Gasteiger partial charge in [-0.05, 0) is 12.1 Å². The van der Waals surface area contributed by atoms with Gasteiger partial charge in [-0.2, -0.15) is 0 Å². The number of anilines is 1. The molecule has 0 unspecified atom stereocenters. The zero-order chi connectivity index (χ0) is 12.0. The summed E-state index contributed by atoms with van der Waals surface area (Å²) in [7, 11) is 0. The first-order valence-electron chi connectivity index (χ1n) is 5.27. The zero-order valence-corrected chi connectivity index (χ0v) is 9.53. The van der Waals surface area contributed by atoms with E-state index in [2.05, 4.69) is 15.6 Å². The quantitative estimate of drug-likeness (QED) is 0.699. The van der Waals surface area contributed by atoms with E-state index in [0.29, 0.717) is 19.0 Å². The molecule has 0 aromatic carbocycles. The Labute approximate surface area is 94.9 Å². The van der Waals surface area contributed by atoms with Crippen molar-refractivity contribution < 1.29 is 9.90 Å². The third-order valence-corrected chi connectivity index (χ3v) is 1.95. The van der Waals surface area contributed by atoms with E-state index in [4.69, 9.17) is 0 Å². The standard InChI is InChI=1S/C11H17N3O2/c1-8(2)12-7-5-10(16)14-11-9(15)4-3-6-13-11/h3-4,6,8,12,15H,5,7H2,1-2H3,(H,13,14,16). The van der Waals surface area contributed by atoms with E-state index in [0.717, 1.165) is 0 Å². The van der Waals surface area contributed by atoms with E-state index in [1.807, 2.05) is 13.8 Å². The average Bonchev–Trinajstić information content (AvgIpc) is 2.21. The first-order chi connectivity index (χ1) is 7.59. The maximum atomic E-state index is 11.4. The Bertz CT molecular complexity index is 353. The summed E-state index contributed by atoms with van der Waals surface area (Å²) >= 11 is 0. The molecule has 0 aliphatic heterocycles. The minimum absolute atomic E-state index is 0.0207. The first-order valence-corrected chi connectivity index (χ1v) is 5.27. The number of carbonyl (C=O) groups is 1. The SMILES string of the molecule is CC(C)NCCC(=O)Nc1ncccc1O. The zero-order valence-electron chi connectivity index (χ0n) is 9.53. The lowest BCUT2D eigenvalue weighted by Crippen LogP contribution is -2.27. The Morgan fingerprint density at radius 3 is 2.94 bits per heavy atom. The molecule has 1 amide bonds. The van der Waals surface area contributed by atoms with Crippen LogP contribution in [0.1, 0.15) is 20.3 Å².